The molecule has 0 saturated carbocycles. The molecule has 0 spiro atoms. The van der Waals surface area contributed by atoms with E-state index in [0.717, 1.165) is 18.7 Å². The average molecular weight is 249 g/mol. The summed E-state index contributed by atoms with van der Waals surface area (Å²) >= 11 is 0. The van der Waals surface area contributed by atoms with Crippen LogP contribution in [0.3, 0.4) is 0 Å². The first-order chi connectivity index (χ1) is 8.49. The molecule has 0 aliphatic carbocycles. The first-order valence-corrected chi connectivity index (χ1v) is 6.11. The maximum atomic E-state index is 11.2. The van der Waals surface area contributed by atoms with Crippen molar-refractivity contribution in [3.8, 4) is 0 Å². The van der Waals surface area contributed by atoms with E-state index in [-0.39, 0.29) is 6.10 Å². The number of carbonyl (C=O) groups excluding carboxylic acids is 1. The third kappa shape index (κ3) is 2.41. The number of carbonyl (C=O) groups is 1. The van der Waals surface area contributed by atoms with Crippen LogP contribution in [0.15, 0.2) is 18.2 Å². The number of β-amino-alcohol motifs (C(OH)–C–C–N with tert-alkyl or cyclic N) is 1. The zero-order valence-corrected chi connectivity index (χ0v) is 10.5. The van der Waals surface area contributed by atoms with E-state index in [4.69, 9.17) is 11.5 Å². The third-order valence-corrected chi connectivity index (χ3v) is 3.59. The normalized spacial score (nSPS) is 24.0. The molecular weight excluding hydrogens is 230 g/mol. The van der Waals surface area contributed by atoms with Crippen LogP contribution in [0.1, 0.15) is 23.7 Å². The molecule has 2 rings (SSSR count). The summed E-state index contributed by atoms with van der Waals surface area (Å²) in [5.74, 6) is -0.217. The number of primary amides is 1. The highest BCUT2D eigenvalue weighted by Gasteiger charge is 2.24. The lowest BCUT2D eigenvalue weighted by atomic mass is 9.95. The zero-order valence-electron chi connectivity index (χ0n) is 10.5. The number of aliphatic hydroxyl groups excluding tert-OH is 1. The van der Waals surface area contributed by atoms with Crippen LogP contribution in [-0.4, -0.2) is 30.2 Å². The number of amides is 1. The molecule has 98 valence electrons. The van der Waals surface area contributed by atoms with Gasteiger partial charge in [0, 0.05) is 24.5 Å². The minimum Gasteiger partial charge on any atom is -0.398 e. The second-order valence-electron chi connectivity index (χ2n) is 4.92. The van der Waals surface area contributed by atoms with Gasteiger partial charge in [0.1, 0.15) is 0 Å². The summed E-state index contributed by atoms with van der Waals surface area (Å²) in [6.07, 6.45) is 0.589. The summed E-state index contributed by atoms with van der Waals surface area (Å²) in [6, 6.07) is 5.23. The summed E-state index contributed by atoms with van der Waals surface area (Å²) < 4.78 is 0. The van der Waals surface area contributed by atoms with Crippen molar-refractivity contribution in [2.75, 3.05) is 23.7 Å². The van der Waals surface area contributed by atoms with Crippen molar-refractivity contribution >= 4 is 17.3 Å². The number of anilines is 2. The number of rotatable bonds is 2. The number of nitrogens with two attached hydrogens (primary N) is 2. The molecule has 1 aromatic rings. The van der Waals surface area contributed by atoms with Gasteiger partial charge in [0.25, 0.3) is 5.91 Å². The van der Waals surface area contributed by atoms with Crippen molar-refractivity contribution in [1.82, 2.24) is 0 Å². The topological polar surface area (TPSA) is 92.6 Å². The molecule has 1 saturated heterocycles. The zero-order chi connectivity index (χ0) is 13.3. The molecule has 1 fully saturated rings. The molecule has 2 atom stereocenters. The van der Waals surface area contributed by atoms with Gasteiger partial charge in [-0.15, -0.1) is 0 Å². The van der Waals surface area contributed by atoms with E-state index in [9.17, 15) is 9.90 Å². The lowest BCUT2D eigenvalue weighted by Crippen LogP contribution is -2.43. The van der Waals surface area contributed by atoms with Crippen LogP contribution in [0.25, 0.3) is 0 Å². The molecule has 1 aromatic carbocycles. The molecule has 0 aromatic heterocycles. The van der Waals surface area contributed by atoms with E-state index in [1.54, 1.807) is 12.1 Å². The van der Waals surface area contributed by atoms with E-state index in [1.165, 1.54) is 0 Å². The van der Waals surface area contributed by atoms with Crippen LogP contribution in [0.5, 0.6) is 0 Å². The van der Waals surface area contributed by atoms with Gasteiger partial charge in [-0.3, -0.25) is 4.79 Å². The number of aliphatic hydroxyl groups is 1. The number of nitrogens with zero attached hydrogens (tertiary/aromatic N) is 1. The van der Waals surface area contributed by atoms with E-state index in [1.807, 2.05) is 13.0 Å². The Morgan fingerprint density at radius 1 is 1.50 bits per heavy atom. The highest BCUT2D eigenvalue weighted by atomic mass is 16.3. The Balaban J connectivity index is 2.24. The number of hydrogen-bond donors (Lipinski definition) is 3. The first kappa shape index (κ1) is 12.7. The van der Waals surface area contributed by atoms with Crippen LogP contribution < -0.4 is 16.4 Å². The molecule has 5 heteroatoms. The van der Waals surface area contributed by atoms with Crippen LogP contribution in [0.2, 0.25) is 0 Å². The second kappa shape index (κ2) is 4.86. The molecule has 5 N–H and O–H groups in total. The molecule has 2 unspecified atom stereocenters. The highest BCUT2D eigenvalue weighted by Crippen LogP contribution is 2.26. The van der Waals surface area contributed by atoms with E-state index < -0.39 is 5.91 Å². The van der Waals surface area contributed by atoms with Crippen molar-refractivity contribution in [3.63, 3.8) is 0 Å². The molecule has 1 heterocycles. The Hall–Kier alpha value is -1.75. The van der Waals surface area contributed by atoms with Crippen LogP contribution in [0.4, 0.5) is 11.4 Å². The Labute approximate surface area is 106 Å². The van der Waals surface area contributed by atoms with Gasteiger partial charge in [-0.1, -0.05) is 6.92 Å². The van der Waals surface area contributed by atoms with Crippen molar-refractivity contribution in [2.45, 2.75) is 19.4 Å². The predicted octanol–water partition coefficient (Wildman–Crippen LogP) is 0.575. The summed E-state index contributed by atoms with van der Waals surface area (Å²) in [4.78, 5) is 13.3. The average Bonchev–Trinajstić information content (AvgIpc) is 2.33. The van der Waals surface area contributed by atoms with Crippen molar-refractivity contribution in [1.29, 1.82) is 0 Å². The summed E-state index contributed by atoms with van der Waals surface area (Å²) in [7, 11) is 0. The van der Waals surface area contributed by atoms with Gasteiger partial charge >= 0.3 is 0 Å². The van der Waals surface area contributed by atoms with Crippen molar-refractivity contribution in [3.05, 3.63) is 23.8 Å². The molecule has 18 heavy (non-hydrogen) atoms. The van der Waals surface area contributed by atoms with Gasteiger partial charge in [0.2, 0.25) is 0 Å². The number of nitrogen functional groups attached to an aromatic ring is 1. The minimum absolute atomic E-state index is 0.311. The molecule has 1 aliphatic heterocycles. The van der Waals surface area contributed by atoms with E-state index >= 15 is 0 Å². The quantitative estimate of drug-likeness (QED) is 0.668. The van der Waals surface area contributed by atoms with Crippen LogP contribution >= 0.6 is 0 Å². The van der Waals surface area contributed by atoms with Crippen molar-refractivity contribution < 1.29 is 9.90 Å². The molecular formula is C13H19N3O2. The van der Waals surface area contributed by atoms with E-state index in [2.05, 4.69) is 4.90 Å². The fourth-order valence-electron chi connectivity index (χ4n) is 2.24. The SMILES string of the molecule is CC1CCN(c2ccc(N)c(C(N)=O)c2)CC1O. The summed E-state index contributed by atoms with van der Waals surface area (Å²) in [5.41, 5.74) is 12.6. The van der Waals surface area contributed by atoms with Gasteiger partial charge in [-0.05, 0) is 30.5 Å². The molecule has 5 nitrogen and oxygen atoms in total. The Morgan fingerprint density at radius 3 is 2.83 bits per heavy atom. The van der Waals surface area contributed by atoms with Gasteiger partial charge in [-0.2, -0.15) is 0 Å². The molecule has 0 bridgehead atoms. The number of piperidine rings is 1. The van der Waals surface area contributed by atoms with Gasteiger partial charge in [0.05, 0.1) is 11.7 Å². The lowest BCUT2D eigenvalue weighted by molar-refractivity contribution is 0.100. The fourth-order valence-corrected chi connectivity index (χ4v) is 2.24. The summed E-state index contributed by atoms with van der Waals surface area (Å²) in [6.45, 7) is 3.48. The van der Waals surface area contributed by atoms with Crippen LogP contribution in [0, 0.1) is 5.92 Å². The van der Waals surface area contributed by atoms with Gasteiger partial charge in [-0.25, -0.2) is 0 Å². The van der Waals surface area contributed by atoms with Gasteiger partial charge in [0.15, 0.2) is 0 Å². The Kier molecular flexibility index (Phi) is 3.43. The molecule has 1 aliphatic rings. The smallest absolute Gasteiger partial charge is 0.250 e. The second-order valence-corrected chi connectivity index (χ2v) is 4.92. The standard InChI is InChI=1S/C13H19N3O2/c1-8-4-5-16(7-12(8)17)9-2-3-11(14)10(6-9)13(15)18/h2-3,6,8,12,17H,4-5,7,14H2,1H3,(H2,15,18). The van der Waals surface area contributed by atoms with E-state index in [0.29, 0.717) is 23.7 Å². The maximum absolute atomic E-state index is 11.2. The highest BCUT2D eigenvalue weighted by molar-refractivity contribution is 5.99. The fraction of sp³-hybridized carbons (Fsp3) is 0.462. The summed E-state index contributed by atoms with van der Waals surface area (Å²) in [5, 5.41) is 9.88. The molecule has 0 radical (unpaired) electrons. The lowest BCUT2D eigenvalue weighted by Gasteiger charge is -2.36. The molecule has 1 amide bonds. The maximum Gasteiger partial charge on any atom is 0.250 e. The Bertz CT molecular complexity index is 462. The van der Waals surface area contributed by atoms with Crippen molar-refractivity contribution in [2.24, 2.45) is 11.7 Å². The predicted molar refractivity (Wildman–Crippen MR) is 71.4 cm³/mol. The third-order valence-electron chi connectivity index (χ3n) is 3.59. The minimum atomic E-state index is -0.528. The monoisotopic (exact) mass is 249 g/mol. The first-order valence-electron chi connectivity index (χ1n) is 6.11. The van der Waals surface area contributed by atoms with Gasteiger partial charge < -0.3 is 21.5 Å². The largest absolute Gasteiger partial charge is 0.398 e. The van der Waals surface area contributed by atoms with Crippen LogP contribution in [-0.2, 0) is 0 Å². The number of hydrogen-bond acceptors (Lipinski definition) is 4. The Morgan fingerprint density at radius 2 is 2.22 bits per heavy atom. The number of benzene rings is 1.